The molecule has 1 unspecified atom stereocenters. The van der Waals surface area contributed by atoms with Crippen LogP contribution in [0.15, 0.2) is 12.3 Å². The Bertz CT molecular complexity index is 181. The first kappa shape index (κ1) is 6.01. The van der Waals surface area contributed by atoms with Crippen molar-refractivity contribution in [2.75, 3.05) is 0 Å². The Morgan fingerprint density at radius 2 is 2.22 bits per heavy atom. The minimum Gasteiger partial charge on any atom is -0.490 e. The summed E-state index contributed by atoms with van der Waals surface area (Å²) >= 11 is 0. The number of carbonyl (C=O) groups excluding carboxylic acids is 2. The van der Waals surface area contributed by atoms with Gasteiger partial charge in [0.25, 0.3) is 0 Å². The Kier molecular flexibility index (Phi) is 1.34. The van der Waals surface area contributed by atoms with Gasteiger partial charge in [-0.25, -0.2) is 0 Å². The molecule has 9 heavy (non-hydrogen) atoms. The van der Waals surface area contributed by atoms with Gasteiger partial charge in [0.2, 0.25) is 11.6 Å². The average Bonchev–Trinajstić information content (AvgIpc) is 1.83. The summed E-state index contributed by atoms with van der Waals surface area (Å²) in [6.07, 6.45) is 1.78. The van der Waals surface area contributed by atoms with E-state index in [1.165, 1.54) is 6.26 Å². The van der Waals surface area contributed by atoms with Crippen molar-refractivity contribution in [1.29, 1.82) is 0 Å². The second kappa shape index (κ2) is 2.01. The molecular weight excluding hydrogens is 120 g/mol. The summed E-state index contributed by atoms with van der Waals surface area (Å²) in [4.78, 5) is 21.1. The fourth-order valence-corrected chi connectivity index (χ4v) is 0.563. The van der Waals surface area contributed by atoms with Gasteiger partial charge in [-0.1, -0.05) is 0 Å². The first-order valence-corrected chi connectivity index (χ1v) is 2.62. The molecule has 0 N–H and O–H groups in total. The minimum absolute atomic E-state index is 0.475. The summed E-state index contributed by atoms with van der Waals surface area (Å²) in [5.41, 5.74) is 0. The number of carbonyl (C=O) groups is 2. The zero-order chi connectivity index (χ0) is 6.85. The van der Waals surface area contributed by atoms with E-state index in [0.29, 0.717) is 0 Å². The average molecular weight is 126 g/mol. The lowest BCUT2D eigenvalue weighted by molar-refractivity contribution is -0.140. The standard InChI is InChI=1S/C6H6O3/c1-4-6(8)5(7)2-3-9-4/h2-4H,1H3. The Hall–Kier alpha value is -1.12. The molecule has 1 aliphatic rings. The molecule has 0 aliphatic carbocycles. The lowest BCUT2D eigenvalue weighted by atomic mass is 10.1. The number of Topliss-reactive ketones (excluding diaryl/α,β-unsaturated/α-hetero) is 1. The van der Waals surface area contributed by atoms with Gasteiger partial charge in [-0.2, -0.15) is 0 Å². The lowest BCUT2D eigenvalue weighted by Crippen LogP contribution is -2.28. The maximum Gasteiger partial charge on any atom is 0.242 e. The van der Waals surface area contributed by atoms with Crippen molar-refractivity contribution in [3.8, 4) is 0 Å². The van der Waals surface area contributed by atoms with E-state index >= 15 is 0 Å². The highest BCUT2D eigenvalue weighted by Crippen LogP contribution is 2.01. The molecule has 0 fully saturated rings. The van der Waals surface area contributed by atoms with Crippen LogP contribution in [-0.4, -0.2) is 17.7 Å². The number of rotatable bonds is 0. The van der Waals surface area contributed by atoms with Gasteiger partial charge in [0, 0.05) is 6.08 Å². The van der Waals surface area contributed by atoms with Crippen LogP contribution in [0.4, 0.5) is 0 Å². The van der Waals surface area contributed by atoms with Gasteiger partial charge in [0.15, 0.2) is 6.10 Å². The Labute approximate surface area is 52.3 Å². The second-order valence-corrected chi connectivity index (χ2v) is 1.81. The van der Waals surface area contributed by atoms with E-state index in [2.05, 4.69) is 0 Å². The van der Waals surface area contributed by atoms with Crippen LogP contribution in [0.2, 0.25) is 0 Å². The van der Waals surface area contributed by atoms with Crippen LogP contribution >= 0.6 is 0 Å². The van der Waals surface area contributed by atoms with Crippen molar-refractivity contribution in [3.05, 3.63) is 12.3 Å². The molecule has 3 nitrogen and oxygen atoms in total. The first-order chi connectivity index (χ1) is 4.22. The molecule has 1 aliphatic heterocycles. The van der Waals surface area contributed by atoms with Gasteiger partial charge < -0.3 is 4.74 Å². The Morgan fingerprint density at radius 3 is 2.67 bits per heavy atom. The number of hydrogen-bond acceptors (Lipinski definition) is 3. The molecule has 48 valence electrons. The SMILES string of the molecule is CC1OC=CC(=O)C1=O. The van der Waals surface area contributed by atoms with Crippen LogP contribution in [-0.2, 0) is 14.3 Å². The minimum atomic E-state index is -0.595. The largest absolute Gasteiger partial charge is 0.490 e. The molecule has 0 saturated heterocycles. The van der Waals surface area contributed by atoms with E-state index in [9.17, 15) is 9.59 Å². The Balaban J connectivity index is 2.81. The summed E-state index contributed by atoms with van der Waals surface area (Å²) in [6.45, 7) is 1.55. The van der Waals surface area contributed by atoms with Crippen molar-refractivity contribution in [3.63, 3.8) is 0 Å². The highest BCUT2D eigenvalue weighted by atomic mass is 16.5. The highest BCUT2D eigenvalue weighted by molar-refractivity contribution is 6.43. The van der Waals surface area contributed by atoms with Crippen LogP contribution in [0, 0.1) is 0 Å². The van der Waals surface area contributed by atoms with Crippen LogP contribution in [0.1, 0.15) is 6.92 Å². The molecule has 0 saturated carbocycles. The van der Waals surface area contributed by atoms with Gasteiger partial charge in [-0.15, -0.1) is 0 Å². The molecule has 0 aromatic rings. The molecule has 3 heteroatoms. The summed E-state index contributed by atoms with van der Waals surface area (Å²) in [7, 11) is 0. The maximum atomic E-state index is 10.6. The van der Waals surface area contributed by atoms with Gasteiger partial charge >= 0.3 is 0 Å². The normalized spacial score (nSPS) is 26.1. The number of ketones is 2. The molecule has 0 aromatic carbocycles. The third-order valence-corrected chi connectivity index (χ3v) is 1.11. The van der Waals surface area contributed by atoms with E-state index in [1.807, 2.05) is 0 Å². The number of allylic oxidation sites excluding steroid dienone is 1. The van der Waals surface area contributed by atoms with E-state index in [-0.39, 0.29) is 0 Å². The molecule has 0 spiro atoms. The van der Waals surface area contributed by atoms with Crippen LogP contribution in [0.3, 0.4) is 0 Å². The van der Waals surface area contributed by atoms with E-state index in [4.69, 9.17) is 4.74 Å². The highest BCUT2D eigenvalue weighted by Gasteiger charge is 2.22. The summed E-state index contributed by atoms with van der Waals surface area (Å²) in [6, 6.07) is 0. The van der Waals surface area contributed by atoms with Crippen molar-refractivity contribution in [1.82, 2.24) is 0 Å². The third-order valence-electron chi connectivity index (χ3n) is 1.11. The first-order valence-electron chi connectivity index (χ1n) is 2.62. The Morgan fingerprint density at radius 1 is 1.56 bits per heavy atom. The monoisotopic (exact) mass is 126 g/mol. The van der Waals surface area contributed by atoms with Crippen molar-refractivity contribution >= 4 is 11.6 Å². The summed E-state index contributed by atoms with van der Waals surface area (Å²) < 4.78 is 4.71. The third kappa shape index (κ3) is 0.988. The quantitative estimate of drug-likeness (QED) is 0.431. The number of hydrogen-bond donors (Lipinski definition) is 0. The smallest absolute Gasteiger partial charge is 0.242 e. The zero-order valence-corrected chi connectivity index (χ0v) is 4.96. The van der Waals surface area contributed by atoms with Crippen LogP contribution in [0.5, 0.6) is 0 Å². The van der Waals surface area contributed by atoms with Crippen molar-refractivity contribution < 1.29 is 14.3 Å². The van der Waals surface area contributed by atoms with Gasteiger partial charge in [-0.3, -0.25) is 9.59 Å². The second-order valence-electron chi connectivity index (χ2n) is 1.81. The molecule has 1 heterocycles. The summed E-state index contributed by atoms with van der Waals surface area (Å²) in [5, 5.41) is 0. The fourth-order valence-electron chi connectivity index (χ4n) is 0.563. The van der Waals surface area contributed by atoms with Gasteiger partial charge in [0.05, 0.1) is 6.26 Å². The molecule has 1 atom stereocenters. The predicted octanol–water partition coefficient (Wildman–Crippen LogP) is 0.0570. The molecule has 0 amide bonds. The molecule has 1 rings (SSSR count). The van der Waals surface area contributed by atoms with Crippen LogP contribution in [0.25, 0.3) is 0 Å². The topological polar surface area (TPSA) is 43.4 Å². The lowest BCUT2D eigenvalue weighted by Gasteiger charge is -2.10. The summed E-state index contributed by atoms with van der Waals surface area (Å²) in [5.74, 6) is -0.953. The predicted molar refractivity (Wildman–Crippen MR) is 29.7 cm³/mol. The molecular formula is C6H6O3. The maximum absolute atomic E-state index is 10.6. The molecule has 0 aromatic heterocycles. The zero-order valence-electron chi connectivity index (χ0n) is 4.96. The molecule has 0 radical (unpaired) electrons. The van der Waals surface area contributed by atoms with E-state index in [1.54, 1.807) is 6.92 Å². The van der Waals surface area contributed by atoms with Crippen molar-refractivity contribution in [2.45, 2.75) is 13.0 Å². The van der Waals surface area contributed by atoms with E-state index < -0.39 is 17.7 Å². The van der Waals surface area contributed by atoms with Gasteiger partial charge in [0.1, 0.15) is 0 Å². The number of ether oxygens (including phenoxy) is 1. The van der Waals surface area contributed by atoms with E-state index in [0.717, 1.165) is 6.08 Å². The van der Waals surface area contributed by atoms with Crippen LogP contribution < -0.4 is 0 Å². The molecule has 0 bridgehead atoms. The fraction of sp³-hybridized carbons (Fsp3) is 0.333. The van der Waals surface area contributed by atoms with Gasteiger partial charge in [-0.05, 0) is 6.92 Å². The van der Waals surface area contributed by atoms with Crippen molar-refractivity contribution in [2.24, 2.45) is 0 Å².